The molecular formula is C22H21N5O3S. The fourth-order valence-corrected chi connectivity index (χ4v) is 4.15. The predicted molar refractivity (Wildman–Crippen MR) is 120 cm³/mol. The van der Waals surface area contributed by atoms with E-state index in [1.54, 1.807) is 0 Å². The van der Waals surface area contributed by atoms with E-state index >= 15 is 0 Å². The third kappa shape index (κ3) is 4.66. The first kappa shape index (κ1) is 20.8. The summed E-state index contributed by atoms with van der Waals surface area (Å²) in [5, 5.41) is 3.20. The first-order valence-electron chi connectivity index (χ1n) is 9.84. The SMILES string of the molecule is NC(=O)CSC1=Nc2ccccc2C2=N[C@@H](CC(=O)NCCc3ccccc3)C(=O)N12. The second-order valence-electron chi connectivity index (χ2n) is 7.10. The number of benzene rings is 2. The van der Waals surface area contributed by atoms with Crippen LogP contribution in [0.2, 0.25) is 0 Å². The number of para-hydroxylation sites is 1. The maximum absolute atomic E-state index is 13.1. The first-order chi connectivity index (χ1) is 15.0. The molecule has 0 fully saturated rings. The molecular weight excluding hydrogens is 414 g/mol. The molecule has 3 N–H and O–H groups in total. The number of rotatable bonds is 7. The van der Waals surface area contributed by atoms with Gasteiger partial charge in [0.05, 0.1) is 17.9 Å². The predicted octanol–water partition coefficient (Wildman–Crippen LogP) is 1.61. The maximum atomic E-state index is 13.1. The molecule has 0 aliphatic carbocycles. The van der Waals surface area contributed by atoms with Gasteiger partial charge in [-0.15, -0.1) is 0 Å². The molecule has 0 unspecified atom stereocenters. The van der Waals surface area contributed by atoms with E-state index in [4.69, 9.17) is 5.73 Å². The number of carbonyl (C=O) groups excluding carboxylic acids is 3. The molecule has 2 aliphatic rings. The number of thioether (sulfide) groups is 1. The molecule has 0 bridgehead atoms. The highest BCUT2D eigenvalue weighted by atomic mass is 32.2. The molecule has 2 aromatic rings. The van der Waals surface area contributed by atoms with E-state index in [1.807, 2.05) is 54.6 Å². The quantitative estimate of drug-likeness (QED) is 0.687. The lowest BCUT2D eigenvalue weighted by Crippen LogP contribution is -2.42. The Bertz CT molecular complexity index is 1080. The molecule has 1 atom stereocenters. The summed E-state index contributed by atoms with van der Waals surface area (Å²) < 4.78 is 0. The molecule has 158 valence electrons. The van der Waals surface area contributed by atoms with Gasteiger partial charge in [-0.25, -0.2) is 9.89 Å². The minimum atomic E-state index is -0.836. The summed E-state index contributed by atoms with van der Waals surface area (Å²) in [5.41, 5.74) is 7.75. The summed E-state index contributed by atoms with van der Waals surface area (Å²) >= 11 is 1.08. The minimum absolute atomic E-state index is 0.0112. The van der Waals surface area contributed by atoms with E-state index in [2.05, 4.69) is 15.3 Å². The number of hydrogen-bond acceptors (Lipinski definition) is 6. The number of aliphatic imine (C=N–C) groups is 2. The zero-order chi connectivity index (χ0) is 21.8. The van der Waals surface area contributed by atoms with E-state index in [0.29, 0.717) is 35.2 Å². The Hall–Kier alpha value is -3.46. The molecule has 0 radical (unpaired) electrons. The molecule has 0 aromatic heterocycles. The number of fused-ring (bicyclic) bond motifs is 3. The van der Waals surface area contributed by atoms with Crippen molar-refractivity contribution in [2.24, 2.45) is 15.7 Å². The molecule has 31 heavy (non-hydrogen) atoms. The van der Waals surface area contributed by atoms with Crippen molar-refractivity contribution < 1.29 is 14.4 Å². The van der Waals surface area contributed by atoms with Crippen LogP contribution in [0, 0.1) is 0 Å². The number of hydrogen-bond donors (Lipinski definition) is 2. The Morgan fingerprint density at radius 2 is 1.84 bits per heavy atom. The van der Waals surface area contributed by atoms with E-state index < -0.39 is 11.9 Å². The molecule has 2 aliphatic heterocycles. The van der Waals surface area contributed by atoms with Gasteiger partial charge in [-0.2, -0.15) is 0 Å². The van der Waals surface area contributed by atoms with Gasteiger partial charge in [-0.3, -0.25) is 19.4 Å². The number of nitrogens with zero attached hydrogens (tertiary/aromatic N) is 3. The summed E-state index contributed by atoms with van der Waals surface area (Å²) in [6, 6.07) is 16.3. The number of nitrogens with two attached hydrogens (primary N) is 1. The second-order valence-corrected chi connectivity index (χ2v) is 8.04. The fourth-order valence-electron chi connectivity index (χ4n) is 3.41. The highest BCUT2D eigenvalue weighted by molar-refractivity contribution is 8.14. The molecule has 2 aromatic carbocycles. The van der Waals surface area contributed by atoms with E-state index in [1.165, 1.54) is 4.90 Å². The van der Waals surface area contributed by atoms with Crippen molar-refractivity contribution in [1.29, 1.82) is 0 Å². The highest BCUT2D eigenvalue weighted by Crippen LogP contribution is 2.33. The normalized spacial score (nSPS) is 16.8. The van der Waals surface area contributed by atoms with Gasteiger partial charge in [-0.05, 0) is 24.1 Å². The van der Waals surface area contributed by atoms with Crippen molar-refractivity contribution in [3.05, 3.63) is 65.7 Å². The van der Waals surface area contributed by atoms with Gasteiger partial charge in [0.1, 0.15) is 11.9 Å². The molecule has 0 saturated carbocycles. The standard InChI is InChI=1S/C22H21N5O3S/c23-18(28)13-31-22-26-16-9-5-4-8-15(16)20-25-17(21(30)27(20)22)12-19(29)24-11-10-14-6-2-1-3-7-14/h1-9,17H,10-13H2,(H2,23,28)(H,24,29)/t17-/m0/s1. The van der Waals surface area contributed by atoms with Crippen LogP contribution in [-0.4, -0.2) is 52.0 Å². The Morgan fingerprint density at radius 3 is 2.61 bits per heavy atom. The molecule has 2 heterocycles. The van der Waals surface area contributed by atoms with Gasteiger partial charge < -0.3 is 11.1 Å². The number of primary amides is 1. The van der Waals surface area contributed by atoms with Crippen LogP contribution in [0.3, 0.4) is 0 Å². The lowest BCUT2D eigenvalue weighted by Gasteiger charge is -2.25. The van der Waals surface area contributed by atoms with Gasteiger partial charge in [-0.1, -0.05) is 54.2 Å². The molecule has 8 nitrogen and oxygen atoms in total. The molecule has 0 saturated heterocycles. The second kappa shape index (κ2) is 9.13. The van der Waals surface area contributed by atoms with Crippen LogP contribution in [0.5, 0.6) is 0 Å². The van der Waals surface area contributed by atoms with Crippen LogP contribution < -0.4 is 11.1 Å². The molecule has 9 heteroatoms. The minimum Gasteiger partial charge on any atom is -0.369 e. The lowest BCUT2D eigenvalue weighted by molar-refractivity contribution is -0.128. The Balaban J connectivity index is 1.46. The zero-order valence-electron chi connectivity index (χ0n) is 16.7. The number of nitrogens with one attached hydrogen (secondary N) is 1. The summed E-state index contributed by atoms with van der Waals surface area (Å²) in [7, 11) is 0. The summed E-state index contributed by atoms with van der Waals surface area (Å²) in [6.45, 7) is 0.480. The topological polar surface area (TPSA) is 117 Å². The average molecular weight is 436 g/mol. The van der Waals surface area contributed by atoms with Crippen molar-refractivity contribution in [2.45, 2.75) is 18.9 Å². The zero-order valence-corrected chi connectivity index (χ0v) is 17.5. The van der Waals surface area contributed by atoms with Crippen molar-refractivity contribution in [3.8, 4) is 0 Å². The van der Waals surface area contributed by atoms with Gasteiger partial charge >= 0.3 is 0 Å². The van der Waals surface area contributed by atoms with Crippen molar-refractivity contribution in [3.63, 3.8) is 0 Å². The largest absolute Gasteiger partial charge is 0.369 e. The van der Waals surface area contributed by atoms with E-state index in [-0.39, 0.29) is 24.0 Å². The lowest BCUT2D eigenvalue weighted by atomic mass is 10.1. The van der Waals surface area contributed by atoms with E-state index in [9.17, 15) is 14.4 Å². The van der Waals surface area contributed by atoms with Crippen LogP contribution in [0.15, 0.2) is 64.6 Å². The van der Waals surface area contributed by atoms with Crippen molar-refractivity contribution >= 4 is 46.2 Å². The van der Waals surface area contributed by atoms with Gasteiger partial charge in [0.2, 0.25) is 11.8 Å². The molecule has 0 spiro atoms. The highest BCUT2D eigenvalue weighted by Gasteiger charge is 2.42. The summed E-state index contributed by atoms with van der Waals surface area (Å²) in [5.74, 6) is -0.646. The number of carbonyl (C=O) groups is 3. The Labute approximate surface area is 183 Å². The Kier molecular flexibility index (Phi) is 6.13. The molecule has 3 amide bonds. The van der Waals surface area contributed by atoms with Crippen LogP contribution in [0.1, 0.15) is 17.5 Å². The molecule has 4 rings (SSSR count). The van der Waals surface area contributed by atoms with Crippen molar-refractivity contribution in [2.75, 3.05) is 12.3 Å². The van der Waals surface area contributed by atoms with Crippen LogP contribution in [0.25, 0.3) is 0 Å². The monoisotopic (exact) mass is 435 g/mol. The van der Waals surface area contributed by atoms with Gasteiger partial charge in [0.15, 0.2) is 5.17 Å². The van der Waals surface area contributed by atoms with E-state index in [0.717, 1.165) is 17.3 Å². The average Bonchev–Trinajstić information content (AvgIpc) is 3.09. The van der Waals surface area contributed by atoms with Crippen LogP contribution in [0.4, 0.5) is 5.69 Å². The third-order valence-corrected chi connectivity index (χ3v) is 5.81. The van der Waals surface area contributed by atoms with Gasteiger partial charge in [0.25, 0.3) is 5.91 Å². The first-order valence-corrected chi connectivity index (χ1v) is 10.8. The van der Waals surface area contributed by atoms with Gasteiger partial charge in [0, 0.05) is 12.1 Å². The number of amidine groups is 2. The summed E-state index contributed by atoms with van der Waals surface area (Å²) in [4.78, 5) is 47.2. The fraction of sp³-hybridized carbons (Fsp3) is 0.227. The third-order valence-electron chi connectivity index (χ3n) is 4.85. The van der Waals surface area contributed by atoms with Crippen molar-refractivity contribution in [1.82, 2.24) is 10.2 Å². The number of amides is 3. The van der Waals surface area contributed by atoms with Crippen LogP contribution >= 0.6 is 11.8 Å². The Morgan fingerprint density at radius 1 is 1.10 bits per heavy atom. The summed E-state index contributed by atoms with van der Waals surface area (Å²) in [6.07, 6.45) is 0.656. The smallest absolute Gasteiger partial charge is 0.259 e. The maximum Gasteiger partial charge on any atom is 0.259 e. The van der Waals surface area contributed by atoms with Crippen LogP contribution in [-0.2, 0) is 20.8 Å².